The van der Waals surface area contributed by atoms with Gasteiger partial charge in [-0.2, -0.15) is 0 Å². The monoisotopic (exact) mass is 134 g/mol. The Balaban J connectivity index is 2.53. The molecular weight excluding hydrogens is 120 g/mol. The minimum absolute atomic E-state index is 1.05. The predicted molar refractivity (Wildman–Crippen MR) is 40.1 cm³/mol. The molecular formula is C5H14N2S. The van der Waals surface area contributed by atoms with Gasteiger partial charge in [-0.25, -0.2) is 0 Å². The van der Waals surface area contributed by atoms with Crippen LogP contribution < -0.4 is 10.0 Å². The van der Waals surface area contributed by atoms with E-state index in [0.717, 1.165) is 18.8 Å². The van der Waals surface area contributed by atoms with Crippen molar-refractivity contribution < 1.29 is 0 Å². The lowest BCUT2D eigenvalue weighted by Gasteiger charge is -1.97. The molecule has 0 aromatic rings. The van der Waals surface area contributed by atoms with Gasteiger partial charge in [0, 0.05) is 18.8 Å². The van der Waals surface area contributed by atoms with E-state index >= 15 is 0 Å². The molecule has 0 radical (unpaired) electrons. The average Bonchev–Trinajstić information content (AvgIpc) is 1.81. The fraction of sp³-hybridized carbons (Fsp3) is 1.00. The first kappa shape index (κ1) is 8.27. The Labute approximate surface area is 55.6 Å². The lowest BCUT2D eigenvalue weighted by molar-refractivity contribution is 0.868. The fourth-order valence-corrected chi connectivity index (χ4v) is 0.982. The van der Waals surface area contributed by atoms with Gasteiger partial charge in [0.05, 0.1) is 0 Å². The van der Waals surface area contributed by atoms with Crippen molar-refractivity contribution in [1.82, 2.24) is 10.0 Å². The molecule has 2 N–H and O–H groups in total. The second kappa shape index (κ2) is 7.27. The summed E-state index contributed by atoms with van der Waals surface area (Å²) in [7, 11) is 1.96. The molecule has 2 nitrogen and oxygen atoms in total. The molecule has 0 bridgehead atoms. The summed E-state index contributed by atoms with van der Waals surface area (Å²) in [6.07, 6.45) is 0. The molecule has 0 rings (SSSR count). The SMILES string of the molecule is CCNSCCNC. The van der Waals surface area contributed by atoms with E-state index in [1.54, 1.807) is 11.9 Å². The summed E-state index contributed by atoms with van der Waals surface area (Å²) in [4.78, 5) is 0. The Kier molecular flexibility index (Phi) is 7.52. The smallest absolute Gasteiger partial charge is 0.0204 e. The van der Waals surface area contributed by atoms with E-state index in [9.17, 15) is 0 Å². The van der Waals surface area contributed by atoms with E-state index in [-0.39, 0.29) is 0 Å². The van der Waals surface area contributed by atoms with Gasteiger partial charge in [0.2, 0.25) is 0 Å². The summed E-state index contributed by atoms with van der Waals surface area (Å²) in [5.41, 5.74) is 0. The van der Waals surface area contributed by atoms with Crippen LogP contribution in [-0.4, -0.2) is 25.9 Å². The van der Waals surface area contributed by atoms with Crippen LogP contribution >= 0.6 is 11.9 Å². The molecule has 0 saturated heterocycles. The zero-order chi connectivity index (χ0) is 6.24. The van der Waals surface area contributed by atoms with Gasteiger partial charge in [-0.05, 0) is 7.05 Å². The van der Waals surface area contributed by atoms with Gasteiger partial charge in [0.1, 0.15) is 0 Å². The first-order chi connectivity index (χ1) is 3.91. The third kappa shape index (κ3) is 6.27. The van der Waals surface area contributed by atoms with E-state index < -0.39 is 0 Å². The van der Waals surface area contributed by atoms with E-state index in [4.69, 9.17) is 0 Å². The van der Waals surface area contributed by atoms with E-state index in [0.29, 0.717) is 0 Å². The van der Waals surface area contributed by atoms with Crippen molar-refractivity contribution >= 4 is 11.9 Å². The Bertz CT molecular complexity index is 35.4. The van der Waals surface area contributed by atoms with Crippen LogP contribution in [0, 0.1) is 0 Å². The van der Waals surface area contributed by atoms with Crippen LogP contribution in [0.25, 0.3) is 0 Å². The third-order valence-electron chi connectivity index (χ3n) is 0.701. The molecule has 8 heavy (non-hydrogen) atoms. The average molecular weight is 134 g/mol. The number of rotatable bonds is 5. The van der Waals surface area contributed by atoms with E-state index in [2.05, 4.69) is 17.0 Å². The van der Waals surface area contributed by atoms with Gasteiger partial charge < -0.3 is 5.32 Å². The molecule has 0 aliphatic heterocycles. The highest BCUT2D eigenvalue weighted by atomic mass is 32.2. The Morgan fingerprint density at radius 2 is 2.25 bits per heavy atom. The minimum atomic E-state index is 1.05. The molecule has 0 saturated carbocycles. The van der Waals surface area contributed by atoms with Gasteiger partial charge in [-0.15, -0.1) is 0 Å². The van der Waals surface area contributed by atoms with Crippen LogP contribution in [0.15, 0.2) is 0 Å². The first-order valence-electron chi connectivity index (χ1n) is 2.91. The van der Waals surface area contributed by atoms with Crippen LogP contribution in [-0.2, 0) is 0 Å². The Hall–Kier alpha value is 0.270. The van der Waals surface area contributed by atoms with Crippen molar-refractivity contribution in [2.75, 3.05) is 25.9 Å². The highest BCUT2D eigenvalue weighted by Gasteiger charge is 1.80. The number of hydrogen-bond donors (Lipinski definition) is 2. The van der Waals surface area contributed by atoms with Crippen LogP contribution in [0.5, 0.6) is 0 Å². The third-order valence-corrected chi connectivity index (χ3v) is 1.60. The molecule has 0 aromatic carbocycles. The zero-order valence-electron chi connectivity index (χ0n) is 5.53. The van der Waals surface area contributed by atoms with Crippen molar-refractivity contribution in [3.05, 3.63) is 0 Å². The van der Waals surface area contributed by atoms with Crippen LogP contribution in [0.3, 0.4) is 0 Å². The second-order valence-electron chi connectivity index (χ2n) is 1.45. The molecule has 0 heterocycles. The summed E-state index contributed by atoms with van der Waals surface area (Å²) in [6.45, 7) is 4.23. The van der Waals surface area contributed by atoms with Gasteiger partial charge in [-0.1, -0.05) is 18.9 Å². The molecule has 0 aliphatic rings. The molecule has 0 spiro atoms. The topological polar surface area (TPSA) is 24.1 Å². The lowest BCUT2D eigenvalue weighted by Crippen LogP contribution is -2.13. The molecule has 50 valence electrons. The number of hydrogen-bond acceptors (Lipinski definition) is 3. The largest absolute Gasteiger partial charge is 0.319 e. The Morgan fingerprint density at radius 1 is 1.50 bits per heavy atom. The maximum atomic E-state index is 3.16. The van der Waals surface area contributed by atoms with Crippen molar-refractivity contribution in [3.63, 3.8) is 0 Å². The molecule has 0 aromatic heterocycles. The summed E-state index contributed by atoms with van der Waals surface area (Å²) in [5.74, 6) is 1.14. The lowest BCUT2D eigenvalue weighted by atomic mass is 10.8. The summed E-state index contributed by atoms with van der Waals surface area (Å²) >= 11 is 1.77. The van der Waals surface area contributed by atoms with Crippen molar-refractivity contribution in [3.8, 4) is 0 Å². The molecule has 0 amide bonds. The quantitative estimate of drug-likeness (QED) is 0.422. The van der Waals surface area contributed by atoms with Crippen molar-refractivity contribution in [2.24, 2.45) is 0 Å². The molecule has 0 unspecified atom stereocenters. The number of nitrogens with one attached hydrogen (secondary N) is 2. The second-order valence-corrected chi connectivity index (χ2v) is 2.44. The van der Waals surface area contributed by atoms with Crippen LogP contribution in [0.2, 0.25) is 0 Å². The van der Waals surface area contributed by atoms with Crippen LogP contribution in [0.1, 0.15) is 6.92 Å². The normalized spacial score (nSPS) is 9.75. The summed E-state index contributed by atoms with van der Waals surface area (Å²) < 4.78 is 3.16. The highest BCUT2D eigenvalue weighted by molar-refractivity contribution is 7.97. The van der Waals surface area contributed by atoms with Gasteiger partial charge in [-0.3, -0.25) is 4.72 Å². The zero-order valence-corrected chi connectivity index (χ0v) is 6.35. The molecule has 0 fully saturated rings. The molecule has 0 aliphatic carbocycles. The van der Waals surface area contributed by atoms with Gasteiger partial charge in [0.25, 0.3) is 0 Å². The standard InChI is InChI=1S/C5H14N2S/c1-3-7-8-5-4-6-2/h6-7H,3-5H2,1-2H3. The van der Waals surface area contributed by atoms with Crippen molar-refractivity contribution in [1.29, 1.82) is 0 Å². The minimum Gasteiger partial charge on any atom is -0.319 e. The molecule has 3 heteroatoms. The summed E-state index contributed by atoms with van der Waals surface area (Å²) in [5, 5.41) is 3.07. The maximum absolute atomic E-state index is 3.16. The van der Waals surface area contributed by atoms with Crippen molar-refractivity contribution in [2.45, 2.75) is 6.92 Å². The Morgan fingerprint density at radius 3 is 2.75 bits per heavy atom. The summed E-state index contributed by atoms with van der Waals surface area (Å²) in [6, 6.07) is 0. The maximum Gasteiger partial charge on any atom is 0.0204 e. The predicted octanol–water partition coefficient (Wildman–Crippen LogP) is 0.463. The fourth-order valence-electron chi connectivity index (χ4n) is 0.327. The van der Waals surface area contributed by atoms with Gasteiger partial charge >= 0.3 is 0 Å². The first-order valence-corrected chi connectivity index (χ1v) is 3.89. The molecule has 0 atom stereocenters. The van der Waals surface area contributed by atoms with E-state index in [1.165, 1.54) is 0 Å². The highest BCUT2D eigenvalue weighted by Crippen LogP contribution is 1.87. The van der Waals surface area contributed by atoms with E-state index in [1.807, 2.05) is 7.05 Å². The van der Waals surface area contributed by atoms with Crippen LogP contribution in [0.4, 0.5) is 0 Å². The van der Waals surface area contributed by atoms with Gasteiger partial charge in [0.15, 0.2) is 0 Å².